The van der Waals surface area contributed by atoms with Crippen LogP contribution in [0.5, 0.6) is 0 Å². The summed E-state index contributed by atoms with van der Waals surface area (Å²) in [6.45, 7) is 6.19. The van der Waals surface area contributed by atoms with E-state index in [2.05, 4.69) is 30.7 Å². The number of benzene rings is 1. The molecule has 9 heteroatoms. The van der Waals surface area contributed by atoms with E-state index in [9.17, 15) is 21.6 Å². The van der Waals surface area contributed by atoms with Crippen LogP contribution in [0.2, 0.25) is 5.02 Å². The first kappa shape index (κ1) is 23.2. The highest BCUT2D eigenvalue weighted by molar-refractivity contribution is 7.91. The molecule has 164 valence electrons. The van der Waals surface area contributed by atoms with E-state index in [-0.39, 0.29) is 16.0 Å². The summed E-state index contributed by atoms with van der Waals surface area (Å²) in [6, 6.07) is 9.76. The Morgan fingerprint density at radius 2 is 1.61 bits per heavy atom. The number of halogens is 4. The van der Waals surface area contributed by atoms with Gasteiger partial charge in [-0.25, -0.2) is 8.42 Å². The lowest BCUT2D eigenvalue weighted by molar-refractivity contribution is -0.0437. The largest absolute Gasteiger partial charge is 0.497 e. The minimum absolute atomic E-state index is 0.0425. The SMILES string of the molecule is CC(C)(C)c1cc(-c2cncc(-c3ccc(CS(=O)(=O)C(F)(F)F)cc3Cl)c2)ccn1. The molecule has 2 heterocycles. The molecule has 31 heavy (non-hydrogen) atoms. The average molecular weight is 469 g/mol. The van der Waals surface area contributed by atoms with Crippen molar-refractivity contribution in [2.75, 3.05) is 0 Å². The monoisotopic (exact) mass is 468 g/mol. The smallest absolute Gasteiger partial charge is 0.263 e. The summed E-state index contributed by atoms with van der Waals surface area (Å²) in [7, 11) is -5.28. The van der Waals surface area contributed by atoms with Gasteiger partial charge >= 0.3 is 5.51 Å². The molecular formula is C22H20ClF3N2O2S. The van der Waals surface area contributed by atoms with E-state index in [0.29, 0.717) is 11.1 Å². The molecule has 0 atom stereocenters. The summed E-state index contributed by atoms with van der Waals surface area (Å²) in [5, 5.41) is 0.138. The zero-order valence-electron chi connectivity index (χ0n) is 17.0. The molecule has 4 nitrogen and oxygen atoms in total. The van der Waals surface area contributed by atoms with Crippen molar-refractivity contribution < 1.29 is 21.6 Å². The molecule has 0 amide bonds. The molecule has 0 N–H and O–H groups in total. The first-order chi connectivity index (χ1) is 14.3. The molecule has 0 bridgehead atoms. The van der Waals surface area contributed by atoms with Gasteiger partial charge in [0.15, 0.2) is 0 Å². The van der Waals surface area contributed by atoms with E-state index in [4.69, 9.17) is 11.6 Å². The molecule has 0 aliphatic carbocycles. The first-order valence-electron chi connectivity index (χ1n) is 9.28. The molecule has 0 fully saturated rings. The highest BCUT2D eigenvalue weighted by Gasteiger charge is 2.45. The van der Waals surface area contributed by atoms with Crippen LogP contribution in [0.4, 0.5) is 13.2 Å². The second kappa shape index (κ2) is 8.24. The quantitative estimate of drug-likeness (QED) is 0.457. The van der Waals surface area contributed by atoms with Gasteiger partial charge in [-0.2, -0.15) is 13.2 Å². The van der Waals surface area contributed by atoms with E-state index in [1.165, 1.54) is 18.2 Å². The second-order valence-corrected chi connectivity index (χ2v) is 10.5. The summed E-state index contributed by atoms with van der Waals surface area (Å²) in [6.07, 6.45) is 5.01. The highest BCUT2D eigenvalue weighted by Crippen LogP contribution is 2.34. The Morgan fingerprint density at radius 3 is 2.23 bits per heavy atom. The van der Waals surface area contributed by atoms with Crippen molar-refractivity contribution >= 4 is 21.4 Å². The van der Waals surface area contributed by atoms with E-state index in [1.807, 2.05) is 18.2 Å². The Morgan fingerprint density at radius 1 is 0.935 bits per heavy atom. The van der Waals surface area contributed by atoms with E-state index in [1.54, 1.807) is 18.6 Å². The standard InChI is InChI=1S/C22H20ClF3N2O2S/c1-21(2,3)20-10-15(6-7-28-20)16-9-17(12-27-11-16)18-5-4-14(8-19(18)23)13-31(29,30)22(24,25)26/h4-12H,13H2,1-3H3. The third-order valence-electron chi connectivity index (χ3n) is 4.65. The molecule has 0 aliphatic heterocycles. The van der Waals surface area contributed by atoms with Gasteiger partial charge in [0, 0.05) is 51.4 Å². The number of rotatable bonds is 4. The van der Waals surface area contributed by atoms with Crippen molar-refractivity contribution in [3.63, 3.8) is 0 Å². The average Bonchev–Trinajstić information content (AvgIpc) is 2.66. The van der Waals surface area contributed by atoms with Crippen molar-refractivity contribution in [2.24, 2.45) is 0 Å². The van der Waals surface area contributed by atoms with Gasteiger partial charge in [0.25, 0.3) is 9.84 Å². The van der Waals surface area contributed by atoms with Crippen LogP contribution in [0.3, 0.4) is 0 Å². The van der Waals surface area contributed by atoms with Crippen molar-refractivity contribution in [3.8, 4) is 22.3 Å². The molecule has 1 aromatic carbocycles. The van der Waals surface area contributed by atoms with Crippen LogP contribution in [0, 0.1) is 0 Å². The molecule has 0 saturated carbocycles. The third kappa shape index (κ3) is 5.25. The van der Waals surface area contributed by atoms with Crippen LogP contribution in [0.25, 0.3) is 22.3 Å². The lowest BCUT2D eigenvalue weighted by atomic mass is 9.90. The van der Waals surface area contributed by atoms with E-state index in [0.717, 1.165) is 16.8 Å². The van der Waals surface area contributed by atoms with Gasteiger partial charge in [0.1, 0.15) is 0 Å². The van der Waals surface area contributed by atoms with Crippen LogP contribution < -0.4 is 0 Å². The lowest BCUT2D eigenvalue weighted by Crippen LogP contribution is -2.24. The van der Waals surface area contributed by atoms with Gasteiger partial charge in [-0.15, -0.1) is 0 Å². The van der Waals surface area contributed by atoms with Gasteiger partial charge in [-0.05, 0) is 35.4 Å². The summed E-state index contributed by atoms with van der Waals surface area (Å²) >= 11 is 6.28. The van der Waals surface area contributed by atoms with Gasteiger partial charge in [0.05, 0.1) is 5.75 Å². The zero-order chi connectivity index (χ0) is 23.0. The second-order valence-electron chi connectivity index (χ2n) is 8.16. The molecule has 3 rings (SSSR count). The maximum absolute atomic E-state index is 12.6. The number of aromatic nitrogens is 2. The molecule has 0 unspecified atom stereocenters. The third-order valence-corrected chi connectivity index (χ3v) is 6.39. The summed E-state index contributed by atoms with van der Waals surface area (Å²) in [4.78, 5) is 8.68. The maximum atomic E-state index is 12.6. The number of sulfone groups is 1. The molecule has 2 aromatic heterocycles. The van der Waals surface area contributed by atoms with Gasteiger partial charge in [0.2, 0.25) is 0 Å². The Bertz CT molecular complexity index is 1220. The summed E-state index contributed by atoms with van der Waals surface area (Å²) in [5.74, 6) is -1.17. The minimum Gasteiger partial charge on any atom is -0.263 e. The zero-order valence-corrected chi connectivity index (χ0v) is 18.6. The Labute approximate surface area is 184 Å². The van der Waals surface area contributed by atoms with Crippen LogP contribution in [0.15, 0.2) is 55.0 Å². The Hall–Kier alpha value is -2.45. The van der Waals surface area contributed by atoms with E-state index >= 15 is 0 Å². The maximum Gasteiger partial charge on any atom is 0.497 e. The van der Waals surface area contributed by atoms with Crippen molar-refractivity contribution in [2.45, 2.75) is 37.4 Å². The topological polar surface area (TPSA) is 59.9 Å². The van der Waals surface area contributed by atoms with E-state index < -0.39 is 21.1 Å². The summed E-state index contributed by atoms with van der Waals surface area (Å²) in [5.41, 5.74) is -1.63. The fourth-order valence-corrected chi connectivity index (χ4v) is 4.04. The van der Waals surface area contributed by atoms with Gasteiger partial charge in [-0.1, -0.05) is 44.5 Å². The molecule has 3 aromatic rings. The number of alkyl halides is 3. The normalized spacial score (nSPS) is 12.7. The van der Waals surface area contributed by atoms with Crippen LogP contribution in [-0.4, -0.2) is 23.9 Å². The lowest BCUT2D eigenvalue weighted by Gasteiger charge is -2.18. The number of hydrogen-bond acceptors (Lipinski definition) is 4. The fraction of sp³-hybridized carbons (Fsp3) is 0.273. The number of nitrogens with zero attached hydrogens (tertiary/aromatic N) is 2. The van der Waals surface area contributed by atoms with Crippen molar-refractivity contribution in [3.05, 3.63) is 71.3 Å². The highest BCUT2D eigenvalue weighted by atomic mass is 35.5. The predicted molar refractivity (Wildman–Crippen MR) is 115 cm³/mol. The fourth-order valence-electron chi connectivity index (χ4n) is 2.95. The molecule has 0 saturated heterocycles. The minimum atomic E-state index is -5.31. The predicted octanol–water partition coefficient (Wildman–Crippen LogP) is 6.20. The van der Waals surface area contributed by atoms with Crippen molar-refractivity contribution in [1.29, 1.82) is 0 Å². The number of pyridine rings is 2. The molecule has 0 spiro atoms. The Balaban J connectivity index is 1.95. The molecule has 0 radical (unpaired) electrons. The number of hydrogen-bond donors (Lipinski definition) is 0. The van der Waals surface area contributed by atoms with Crippen LogP contribution in [-0.2, 0) is 21.0 Å². The van der Waals surface area contributed by atoms with Gasteiger partial charge in [-0.3, -0.25) is 9.97 Å². The summed E-state index contributed by atoms with van der Waals surface area (Å²) < 4.78 is 60.7. The Kier molecular flexibility index (Phi) is 6.17. The molecule has 0 aliphatic rings. The first-order valence-corrected chi connectivity index (χ1v) is 11.3. The van der Waals surface area contributed by atoms with Crippen molar-refractivity contribution in [1.82, 2.24) is 9.97 Å². The van der Waals surface area contributed by atoms with Gasteiger partial charge < -0.3 is 0 Å². The van der Waals surface area contributed by atoms with Crippen LogP contribution in [0.1, 0.15) is 32.0 Å². The van der Waals surface area contributed by atoms with Crippen LogP contribution >= 0.6 is 11.6 Å². The molecular weight excluding hydrogens is 449 g/mol.